The highest BCUT2D eigenvalue weighted by molar-refractivity contribution is 9.10. The first-order valence-electron chi connectivity index (χ1n) is 5.90. The van der Waals surface area contributed by atoms with E-state index in [-0.39, 0.29) is 22.9 Å². The third-order valence-electron chi connectivity index (χ3n) is 2.88. The summed E-state index contributed by atoms with van der Waals surface area (Å²) >= 11 is 3.16. The molecule has 0 aliphatic heterocycles. The van der Waals surface area contributed by atoms with Gasteiger partial charge in [0.15, 0.2) is 0 Å². The molecule has 1 amide bonds. The van der Waals surface area contributed by atoms with E-state index in [1.807, 2.05) is 0 Å². The highest BCUT2D eigenvalue weighted by Gasteiger charge is 2.18. The maximum atomic E-state index is 12.4. The van der Waals surface area contributed by atoms with Crippen LogP contribution in [0.3, 0.4) is 0 Å². The van der Waals surface area contributed by atoms with Crippen molar-refractivity contribution < 1.29 is 14.8 Å². The van der Waals surface area contributed by atoms with E-state index in [4.69, 9.17) is 0 Å². The monoisotopic (exact) mass is 350 g/mol. The summed E-state index contributed by atoms with van der Waals surface area (Å²) in [6.07, 6.45) is 0. The van der Waals surface area contributed by atoms with Gasteiger partial charge in [-0.2, -0.15) is 0 Å². The molecule has 21 heavy (non-hydrogen) atoms. The second-order valence-electron chi connectivity index (χ2n) is 4.34. The molecule has 6 nitrogen and oxygen atoms in total. The van der Waals surface area contributed by atoms with Crippen LogP contribution < -0.4 is 4.90 Å². The number of carbonyl (C=O) groups is 1. The van der Waals surface area contributed by atoms with E-state index in [2.05, 4.69) is 15.9 Å². The predicted molar refractivity (Wildman–Crippen MR) is 81.6 cm³/mol. The first-order chi connectivity index (χ1) is 9.88. The van der Waals surface area contributed by atoms with Crippen LogP contribution in [0.1, 0.15) is 10.4 Å². The highest BCUT2D eigenvalue weighted by atomic mass is 79.9. The third-order valence-corrected chi connectivity index (χ3v) is 3.34. The Morgan fingerprint density at radius 1 is 1.24 bits per heavy atom. The minimum atomic E-state index is -0.553. The highest BCUT2D eigenvalue weighted by Crippen LogP contribution is 2.24. The number of hydrogen-bond donors (Lipinski definition) is 1. The molecule has 2 rings (SSSR count). The molecule has 1 N–H and O–H groups in total. The molecule has 0 saturated carbocycles. The summed E-state index contributed by atoms with van der Waals surface area (Å²) in [5.74, 6) is -0.289. The molecule has 0 fully saturated rings. The molecule has 0 saturated heterocycles. The number of non-ortho nitro benzene ring substituents is 1. The fourth-order valence-electron chi connectivity index (χ4n) is 1.79. The number of phenols is 1. The number of nitro groups is 1. The molecule has 108 valence electrons. The van der Waals surface area contributed by atoms with Crippen LogP contribution in [0.25, 0.3) is 0 Å². The summed E-state index contributed by atoms with van der Waals surface area (Å²) in [6, 6.07) is 10.2. The van der Waals surface area contributed by atoms with Crippen molar-refractivity contribution in [2.75, 3.05) is 11.9 Å². The van der Waals surface area contributed by atoms with E-state index >= 15 is 0 Å². The molecule has 0 aromatic heterocycles. The van der Waals surface area contributed by atoms with E-state index in [1.165, 1.54) is 35.2 Å². The van der Waals surface area contributed by atoms with Crippen molar-refractivity contribution in [1.82, 2.24) is 0 Å². The second-order valence-corrected chi connectivity index (χ2v) is 5.25. The Bertz CT molecular complexity index is 701. The Hall–Kier alpha value is -2.41. The standard InChI is InChI=1S/C14H11BrN2O4/c1-16(11-2-4-13(18)5-3-11)14(19)9-6-10(15)8-12(7-9)17(20)21/h2-8,18H,1H3. The van der Waals surface area contributed by atoms with Gasteiger partial charge in [-0.15, -0.1) is 0 Å². The molecule has 0 aliphatic carbocycles. The van der Waals surface area contributed by atoms with Gasteiger partial charge in [-0.3, -0.25) is 14.9 Å². The number of nitrogens with zero attached hydrogens (tertiary/aromatic N) is 2. The zero-order valence-corrected chi connectivity index (χ0v) is 12.6. The van der Waals surface area contributed by atoms with Gasteiger partial charge >= 0.3 is 0 Å². The zero-order chi connectivity index (χ0) is 15.6. The number of hydrogen-bond acceptors (Lipinski definition) is 4. The Balaban J connectivity index is 2.35. The van der Waals surface area contributed by atoms with Crippen LogP contribution >= 0.6 is 15.9 Å². The van der Waals surface area contributed by atoms with Gasteiger partial charge in [0.25, 0.3) is 11.6 Å². The zero-order valence-electron chi connectivity index (χ0n) is 11.0. The quantitative estimate of drug-likeness (QED) is 0.679. The molecule has 0 unspecified atom stereocenters. The number of aromatic hydroxyl groups is 1. The minimum absolute atomic E-state index is 0.0951. The molecular weight excluding hydrogens is 340 g/mol. The van der Waals surface area contributed by atoms with E-state index in [0.29, 0.717) is 10.2 Å². The van der Waals surface area contributed by atoms with Crippen LogP contribution in [-0.2, 0) is 0 Å². The van der Waals surface area contributed by atoms with E-state index in [1.54, 1.807) is 19.2 Å². The molecule has 0 bridgehead atoms. The van der Waals surface area contributed by atoms with Gasteiger partial charge in [-0.1, -0.05) is 15.9 Å². The summed E-state index contributed by atoms with van der Waals surface area (Å²) in [5.41, 5.74) is 0.610. The lowest BCUT2D eigenvalue weighted by atomic mass is 10.1. The lowest BCUT2D eigenvalue weighted by Gasteiger charge is -2.17. The normalized spacial score (nSPS) is 10.2. The summed E-state index contributed by atoms with van der Waals surface area (Å²) in [7, 11) is 1.56. The Labute approximate surface area is 128 Å². The van der Waals surface area contributed by atoms with Gasteiger partial charge in [0.2, 0.25) is 0 Å². The van der Waals surface area contributed by atoms with Crippen LogP contribution in [0, 0.1) is 10.1 Å². The van der Waals surface area contributed by atoms with Gasteiger partial charge < -0.3 is 10.0 Å². The summed E-state index contributed by atoms with van der Waals surface area (Å²) in [4.78, 5) is 24.0. The molecule has 0 heterocycles. The number of phenolic OH excluding ortho intramolecular Hbond substituents is 1. The van der Waals surface area contributed by atoms with E-state index in [0.717, 1.165) is 0 Å². The van der Waals surface area contributed by atoms with Gasteiger partial charge in [0.05, 0.1) is 4.92 Å². The molecule has 0 aliphatic rings. The maximum absolute atomic E-state index is 12.4. The fourth-order valence-corrected chi connectivity index (χ4v) is 2.27. The van der Waals surface area contributed by atoms with Crippen molar-refractivity contribution in [1.29, 1.82) is 0 Å². The maximum Gasteiger partial charge on any atom is 0.271 e. The summed E-state index contributed by atoms with van der Waals surface area (Å²) in [6.45, 7) is 0. The Kier molecular flexibility index (Phi) is 4.23. The second kappa shape index (κ2) is 5.92. The Morgan fingerprint density at radius 2 is 1.86 bits per heavy atom. The van der Waals surface area contributed by atoms with E-state index < -0.39 is 4.92 Å². The first-order valence-corrected chi connectivity index (χ1v) is 6.70. The lowest BCUT2D eigenvalue weighted by Crippen LogP contribution is -2.26. The van der Waals surface area contributed by atoms with Crippen molar-refractivity contribution in [2.24, 2.45) is 0 Å². The number of halogens is 1. The molecule has 7 heteroatoms. The van der Waals surface area contributed by atoms with Crippen molar-refractivity contribution in [2.45, 2.75) is 0 Å². The van der Waals surface area contributed by atoms with Crippen LogP contribution in [0.2, 0.25) is 0 Å². The minimum Gasteiger partial charge on any atom is -0.508 e. The number of carbonyl (C=O) groups excluding carboxylic acids is 1. The van der Waals surface area contributed by atoms with Crippen molar-refractivity contribution >= 4 is 33.2 Å². The summed E-state index contributed by atoms with van der Waals surface area (Å²) in [5, 5.41) is 20.1. The van der Waals surface area contributed by atoms with Crippen molar-refractivity contribution in [3.63, 3.8) is 0 Å². The van der Waals surface area contributed by atoms with Crippen LogP contribution in [0.5, 0.6) is 5.75 Å². The third kappa shape index (κ3) is 3.38. The van der Waals surface area contributed by atoms with E-state index in [9.17, 15) is 20.0 Å². The molecular formula is C14H11BrN2O4. The molecule has 0 radical (unpaired) electrons. The van der Waals surface area contributed by atoms with Crippen molar-refractivity contribution in [3.8, 4) is 5.75 Å². The molecule has 2 aromatic carbocycles. The number of nitro benzene ring substituents is 1. The number of benzene rings is 2. The van der Waals surface area contributed by atoms with Gasteiger partial charge in [0, 0.05) is 34.9 Å². The number of rotatable bonds is 3. The number of anilines is 1. The Morgan fingerprint density at radius 3 is 2.43 bits per heavy atom. The average molecular weight is 351 g/mol. The lowest BCUT2D eigenvalue weighted by molar-refractivity contribution is -0.384. The average Bonchev–Trinajstić information content (AvgIpc) is 2.45. The molecule has 0 spiro atoms. The first kappa shape index (κ1) is 15.0. The predicted octanol–water partition coefficient (Wildman–Crippen LogP) is 3.34. The van der Waals surface area contributed by atoms with Crippen LogP contribution in [0.4, 0.5) is 11.4 Å². The van der Waals surface area contributed by atoms with Crippen molar-refractivity contribution in [3.05, 3.63) is 62.6 Å². The smallest absolute Gasteiger partial charge is 0.271 e. The number of amides is 1. The van der Waals surface area contributed by atoms with Crippen LogP contribution in [-0.4, -0.2) is 23.0 Å². The largest absolute Gasteiger partial charge is 0.508 e. The fraction of sp³-hybridized carbons (Fsp3) is 0.0714. The van der Waals surface area contributed by atoms with Gasteiger partial charge in [-0.25, -0.2) is 0 Å². The molecule has 0 atom stereocenters. The van der Waals surface area contributed by atoms with Crippen LogP contribution in [0.15, 0.2) is 46.9 Å². The van der Waals surface area contributed by atoms with Gasteiger partial charge in [-0.05, 0) is 30.3 Å². The topological polar surface area (TPSA) is 83.7 Å². The molecule has 2 aromatic rings. The SMILES string of the molecule is CN(C(=O)c1cc(Br)cc([N+](=O)[O-])c1)c1ccc(O)cc1. The van der Waals surface area contributed by atoms with Gasteiger partial charge in [0.1, 0.15) is 5.75 Å². The summed E-state index contributed by atoms with van der Waals surface area (Å²) < 4.78 is 0.458.